The fraction of sp³-hybridized carbons (Fsp3) is 0.158. The second-order valence-electron chi connectivity index (χ2n) is 5.52. The van der Waals surface area contributed by atoms with Gasteiger partial charge in [0.15, 0.2) is 0 Å². The van der Waals surface area contributed by atoms with Crippen LogP contribution in [0.3, 0.4) is 0 Å². The number of thioether (sulfide) groups is 1. The summed E-state index contributed by atoms with van der Waals surface area (Å²) in [4.78, 5) is 1.30. The van der Waals surface area contributed by atoms with E-state index in [-0.39, 0.29) is 6.04 Å². The molecule has 2 heterocycles. The summed E-state index contributed by atoms with van der Waals surface area (Å²) >= 11 is 1.78. The van der Waals surface area contributed by atoms with Crippen molar-refractivity contribution < 1.29 is 0 Å². The van der Waals surface area contributed by atoms with E-state index < -0.39 is 0 Å². The van der Waals surface area contributed by atoms with Gasteiger partial charge in [-0.25, -0.2) is 0 Å². The monoisotopic (exact) mass is 306 g/mol. The SMILES string of the molecule is CSc1ccc([C@H]2NCc3ccccc3-n3cccc32)cc1. The van der Waals surface area contributed by atoms with E-state index >= 15 is 0 Å². The predicted octanol–water partition coefficient (Wildman–Crippen LogP) is 4.39. The topological polar surface area (TPSA) is 17.0 Å². The van der Waals surface area contributed by atoms with Crippen molar-refractivity contribution in [1.82, 2.24) is 9.88 Å². The standard InChI is InChI=1S/C19H18N2S/c1-22-16-10-8-14(9-11-16)19-18-7-4-12-21(18)17-6-3-2-5-15(17)13-20-19/h2-12,19-20H,13H2,1H3/t19-/m1/s1. The third-order valence-corrected chi connectivity index (χ3v) is 5.02. The molecule has 4 rings (SSSR count). The fourth-order valence-electron chi connectivity index (χ4n) is 3.15. The summed E-state index contributed by atoms with van der Waals surface area (Å²) in [5, 5.41) is 3.71. The lowest BCUT2D eigenvalue weighted by Gasteiger charge is -2.18. The van der Waals surface area contributed by atoms with E-state index in [1.807, 2.05) is 0 Å². The number of rotatable bonds is 2. The molecule has 1 aliphatic heterocycles. The zero-order chi connectivity index (χ0) is 14.9. The number of hydrogen-bond donors (Lipinski definition) is 1. The summed E-state index contributed by atoms with van der Waals surface area (Å²) in [5.74, 6) is 0. The molecule has 3 heteroatoms. The molecule has 0 unspecified atom stereocenters. The molecular weight excluding hydrogens is 288 g/mol. The van der Waals surface area contributed by atoms with Gasteiger partial charge in [-0.2, -0.15) is 0 Å². The van der Waals surface area contributed by atoms with Crippen molar-refractivity contribution in [3.05, 3.63) is 83.7 Å². The lowest BCUT2D eigenvalue weighted by molar-refractivity contribution is 0.600. The highest BCUT2D eigenvalue weighted by atomic mass is 32.2. The highest BCUT2D eigenvalue weighted by molar-refractivity contribution is 7.98. The van der Waals surface area contributed by atoms with Crippen molar-refractivity contribution >= 4 is 11.8 Å². The van der Waals surface area contributed by atoms with Crippen LogP contribution in [0.4, 0.5) is 0 Å². The highest BCUT2D eigenvalue weighted by Crippen LogP contribution is 2.31. The quantitative estimate of drug-likeness (QED) is 0.707. The summed E-state index contributed by atoms with van der Waals surface area (Å²) in [6.45, 7) is 0.882. The Morgan fingerprint density at radius 2 is 1.82 bits per heavy atom. The zero-order valence-electron chi connectivity index (χ0n) is 12.5. The minimum Gasteiger partial charge on any atom is -0.319 e. The third-order valence-electron chi connectivity index (χ3n) is 4.27. The zero-order valence-corrected chi connectivity index (χ0v) is 13.3. The smallest absolute Gasteiger partial charge is 0.0737 e. The number of hydrogen-bond acceptors (Lipinski definition) is 2. The number of aromatic nitrogens is 1. The molecule has 110 valence electrons. The molecule has 1 N–H and O–H groups in total. The van der Waals surface area contributed by atoms with E-state index in [1.165, 1.54) is 27.4 Å². The number of fused-ring (bicyclic) bond motifs is 3. The molecule has 0 aliphatic carbocycles. The van der Waals surface area contributed by atoms with Gasteiger partial charge < -0.3 is 9.88 Å². The van der Waals surface area contributed by atoms with Gasteiger partial charge in [0.25, 0.3) is 0 Å². The van der Waals surface area contributed by atoms with Gasteiger partial charge in [0.1, 0.15) is 0 Å². The largest absolute Gasteiger partial charge is 0.319 e. The van der Waals surface area contributed by atoms with Crippen LogP contribution < -0.4 is 5.32 Å². The van der Waals surface area contributed by atoms with Crippen LogP contribution in [0.25, 0.3) is 5.69 Å². The average molecular weight is 306 g/mol. The molecule has 0 spiro atoms. The first-order chi connectivity index (χ1) is 10.9. The number of benzene rings is 2. The van der Waals surface area contributed by atoms with Crippen LogP contribution in [0.1, 0.15) is 22.9 Å². The Morgan fingerprint density at radius 3 is 2.64 bits per heavy atom. The molecule has 0 saturated heterocycles. The van der Waals surface area contributed by atoms with Gasteiger partial charge in [-0.15, -0.1) is 11.8 Å². The third kappa shape index (κ3) is 2.27. The Hall–Kier alpha value is -1.97. The van der Waals surface area contributed by atoms with Gasteiger partial charge in [-0.05, 0) is 47.7 Å². The van der Waals surface area contributed by atoms with Crippen molar-refractivity contribution in [3.8, 4) is 5.69 Å². The van der Waals surface area contributed by atoms with Crippen LogP contribution in [0.15, 0.2) is 71.8 Å². The van der Waals surface area contributed by atoms with Crippen LogP contribution in [-0.2, 0) is 6.54 Å². The van der Waals surface area contributed by atoms with Crippen LogP contribution >= 0.6 is 11.8 Å². The molecule has 1 aliphatic rings. The maximum absolute atomic E-state index is 3.71. The molecule has 0 saturated carbocycles. The maximum atomic E-state index is 3.71. The molecule has 1 atom stereocenters. The highest BCUT2D eigenvalue weighted by Gasteiger charge is 2.22. The maximum Gasteiger partial charge on any atom is 0.0737 e. The molecule has 0 radical (unpaired) electrons. The fourth-order valence-corrected chi connectivity index (χ4v) is 3.55. The van der Waals surface area contributed by atoms with Crippen LogP contribution in [-0.4, -0.2) is 10.8 Å². The van der Waals surface area contributed by atoms with Crippen molar-refractivity contribution in [3.63, 3.8) is 0 Å². The first-order valence-electron chi connectivity index (χ1n) is 7.49. The second kappa shape index (κ2) is 5.67. The number of para-hydroxylation sites is 1. The first-order valence-corrected chi connectivity index (χ1v) is 8.72. The number of nitrogens with one attached hydrogen (secondary N) is 1. The minimum atomic E-state index is 0.221. The van der Waals surface area contributed by atoms with Crippen LogP contribution in [0, 0.1) is 0 Å². The molecule has 1 aromatic heterocycles. The molecule has 3 aromatic rings. The van der Waals surface area contributed by atoms with Gasteiger partial charge in [-0.1, -0.05) is 30.3 Å². The molecule has 22 heavy (non-hydrogen) atoms. The predicted molar refractivity (Wildman–Crippen MR) is 92.7 cm³/mol. The molecular formula is C19H18N2S. The Bertz CT molecular complexity index is 789. The van der Waals surface area contributed by atoms with Crippen molar-refractivity contribution in [2.75, 3.05) is 6.26 Å². The van der Waals surface area contributed by atoms with Crippen molar-refractivity contribution in [2.24, 2.45) is 0 Å². The number of nitrogens with zero attached hydrogens (tertiary/aromatic N) is 1. The van der Waals surface area contributed by atoms with Gasteiger partial charge in [0.2, 0.25) is 0 Å². The molecule has 2 nitrogen and oxygen atoms in total. The summed E-state index contributed by atoms with van der Waals surface area (Å²) in [5.41, 5.74) is 5.22. The van der Waals surface area contributed by atoms with Gasteiger partial charge in [0, 0.05) is 29.0 Å². The second-order valence-corrected chi connectivity index (χ2v) is 6.40. The van der Waals surface area contributed by atoms with E-state index in [4.69, 9.17) is 0 Å². The van der Waals surface area contributed by atoms with E-state index in [9.17, 15) is 0 Å². The van der Waals surface area contributed by atoms with Gasteiger partial charge in [0.05, 0.1) is 6.04 Å². The summed E-state index contributed by atoms with van der Waals surface area (Å²) in [6, 6.07) is 22.0. The Balaban J connectivity index is 1.80. The summed E-state index contributed by atoms with van der Waals surface area (Å²) < 4.78 is 2.31. The average Bonchev–Trinajstić information content (AvgIpc) is 3.00. The molecule has 2 aromatic carbocycles. The lowest BCUT2D eigenvalue weighted by atomic mass is 10.0. The van der Waals surface area contributed by atoms with Gasteiger partial charge in [-0.3, -0.25) is 0 Å². The Labute approximate surface area is 135 Å². The van der Waals surface area contributed by atoms with Gasteiger partial charge >= 0.3 is 0 Å². The molecule has 0 fully saturated rings. The Kier molecular flexibility index (Phi) is 3.53. The van der Waals surface area contributed by atoms with E-state index in [1.54, 1.807) is 11.8 Å². The minimum absolute atomic E-state index is 0.221. The first kappa shape index (κ1) is 13.7. The van der Waals surface area contributed by atoms with Crippen LogP contribution in [0.5, 0.6) is 0 Å². The van der Waals surface area contributed by atoms with E-state index in [0.717, 1.165) is 6.54 Å². The van der Waals surface area contributed by atoms with Crippen molar-refractivity contribution in [2.45, 2.75) is 17.5 Å². The molecule has 0 amide bonds. The Morgan fingerprint density at radius 1 is 1.00 bits per heavy atom. The van der Waals surface area contributed by atoms with Crippen LogP contribution in [0.2, 0.25) is 0 Å². The van der Waals surface area contributed by atoms with E-state index in [2.05, 4.69) is 83.0 Å². The molecule has 0 bridgehead atoms. The van der Waals surface area contributed by atoms with Crippen molar-refractivity contribution in [1.29, 1.82) is 0 Å². The van der Waals surface area contributed by atoms with E-state index in [0.29, 0.717) is 0 Å². The normalized spacial score (nSPS) is 16.7. The lowest BCUT2D eigenvalue weighted by Crippen LogP contribution is -2.21. The summed E-state index contributed by atoms with van der Waals surface area (Å²) in [6.07, 6.45) is 4.27. The summed E-state index contributed by atoms with van der Waals surface area (Å²) in [7, 11) is 0.